The molecule has 2 rings (SSSR count). The first-order valence-electron chi connectivity index (χ1n) is 6.66. The summed E-state index contributed by atoms with van der Waals surface area (Å²) in [5.41, 5.74) is 6.61. The molecule has 2 unspecified atom stereocenters. The zero-order valence-electron chi connectivity index (χ0n) is 11.1. The molecule has 1 aliphatic rings. The molecule has 1 saturated heterocycles. The first-order valence-corrected chi connectivity index (χ1v) is 7.04. The summed E-state index contributed by atoms with van der Waals surface area (Å²) >= 11 is 5.75. The van der Waals surface area contributed by atoms with Crippen molar-refractivity contribution in [1.82, 2.24) is 4.90 Å². The van der Waals surface area contributed by atoms with E-state index in [1.165, 1.54) is 6.07 Å². The number of benzene rings is 1. The summed E-state index contributed by atoms with van der Waals surface area (Å²) in [6, 6.07) is 4.14. The van der Waals surface area contributed by atoms with Crippen molar-refractivity contribution in [2.45, 2.75) is 25.5 Å². The van der Waals surface area contributed by atoms with Crippen molar-refractivity contribution in [3.8, 4) is 0 Å². The predicted molar refractivity (Wildman–Crippen MR) is 74.8 cm³/mol. The number of hydrogen-bond donors (Lipinski definition) is 1. The molecule has 0 saturated carbocycles. The molecule has 0 bridgehead atoms. The van der Waals surface area contributed by atoms with Crippen molar-refractivity contribution in [2.24, 2.45) is 5.73 Å². The Morgan fingerprint density at radius 1 is 1.58 bits per heavy atom. The van der Waals surface area contributed by atoms with Crippen molar-refractivity contribution in [2.75, 3.05) is 26.2 Å². The predicted octanol–water partition coefficient (Wildman–Crippen LogP) is 2.59. The van der Waals surface area contributed by atoms with E-state index in [0.717, 1.165) is 26.1 Å². The molecule has 1 aromatic carbocycles. The molecule has 19 heavy (non-hydrogen) atoms. The van der Waals surface area contributed by atoms with Crippen molar-refractivity contribution < 1.29 is 9.13 Å². The lowest BCUT2D eigenvalue weighted by Crippen LogP contribution is -2.47. The van der Waals surface area contributed by atoms with Gasteiger partial charge in [0.15, 0.2) is 0 Å². The minimum atomic E-state index is -0.461. The highest BCUT2D eigenvalue weighted by atomic mass is 35.5. The second kappa shape index (κ2) is 6.66. The van der Waals surface area contributed by atoms with Crippen molar-refractivity contribution in [3.63, 3.8) is 0 Å². The molecular formula is C14H20ClFN2O. The highest BCUT2D eigenvalue weighted by Crippen LogP contribution is 2.24. The fraction of sp³-hybridized carbons (Fsp3) is 0.571. The Morgan fingerprint density at radius 2 is 2.37 bits per heavy atom. The van der Waals surface area contributed by atoms with Crippen LogP contribution >= 0.6 is 11.6 Å². The van der Waals surface area contributed by atoms with Crippen LogP contribution in [-0.4, -0.2) is 37.2 Å². The van der Waals surface area contributed by atoms with Gasteiger partial charge < -0.3 is 10.5 Å². The molecule has 0 amide bonds. The summed E-state index contributed by atoms with van der Waals surface area (Å²) < 4.78 is 19.6. The largest absolute Gasteiger partial charge is 0.374 e. The number of rotatable bonds is 4. The van der Waals surface area contributed by atoms with Crippen LogP contribution in [0.2, 0.25) is 5.02 Å². The van der Waals surface area contributed by atoms with Crippen molar-refractivity contribution >= 4 is 11.6 Å². The minimum Gasteiger partial charge on any atom is -0.374 e. The molecule has 0 spiro atoms. The Kier molecular flexibility index (Phi) is 5.16. The van der Waals surface area contributed by atoms with E-state index in [0.29, 0.717) is 17.2 Å². The van der Waals surface area contributed by atoms with Gasteiger partial charge in [0.05, 0.1) is 18.8 Å². The molecule has 1 aromatic rings. The van der Waals surface area contributed by atoms with Crippen LogP contribution in [0.5, 0.6) is 0 Å². The van der Waals surface area contributed by atoms with Gasteiger partial charge in [0.1, 0.15) is 5.82 Å². The fourth-order valence-electron chi connectivity index (χ4n) is 2.44. The third-order valence-corrected chi connectivity index (χ3v) is 3.67. The van der Waals surface area contributed by atoms with Crippen LogP contribution in [0.15, 0.2) is 18.2 Å². The van der Waals surface area contributed by atoms with Crippen LogP contribution in [-0.2, 0) is 4.74 Å². The van der Waals surface area contributed by atoms with Gasteiger partial charge in [-0.3, -0.25) is 4.90 Å². The average Bonchev–Trinajstić information content (AvgIpc) is 2.39. The highest BCUT2D eigenvalue weighted by Gasteiger charge is 2.28. The SMILES string of the molecule is CCCN1CCOC(C(N)c2ccc(Cl)cc2F)C1. The number of morpholine rings is 1. The summed E-state index contributed by atoms with van der Waals surface area (Å²) in [5.74, 6) is -0.365. The topological polar surface area (TPSA) is 38.5 Å². The maximum Gasteiger partial charge on any atom is 0.129 e. The van der Waals surface area contributed by atoms with Crippen LogP contribution in [0.1, 0.15) is 24.9 Å². The minimum absolute atomic E-state index is 0.170. The van der Waals surface area contributed by atoms with Crippen molar-refractivity contribution in [1.29, 1.82) is 0 Å². The molecule has 0 aromatic heterocycles. The molecule has 1 heterocycles. The summed E-state index contributed by atoms with van der Waals surface area (Å²) in [7, 11) is 0. The average molecular weight is 287 g/mol. The lowest BCUT2D eigenvalue weighted by Gasteiger charge is -2.35. The summed E-state index contributed by atoms with van der Waals surface area (Å²) in [6.45, 7) is 5.48. The number of hydrogen-bond acceptors (Lipinski definition) is 3. The molecular weight excluding hydrogens is 267 g/mol. The number of ether oxygens (including phenoxy) is 1. The Labute approximate surface area is 118 Å². The molecule has 5 heteroatoms. The van der Waals surface area contributed by atoms with E-state index in [2.05, 4.69) is 11.8 Å². The van der Waals surface area contributed by atoms with Gasteiger partial charge in [0.25, 0.3) is 0 Å². The van der Waals surface area contributed by atoms with Crippen LogP contribution in [0.4, 0.5) is 4.39 Å². The van der Waals surface area contributed by atoms with E-state index in [1.807, 2.05) is 0 Å². The van der Waals surface area contributed by atoms with Gasteiger partial charge in [-0.1, -0.05) is 24.6 Å². The number of halogens is 2. The van der Waals surface area contributed by atoms with E-state index >= 15 is 0 Å². The van der Waals surface area contributed by atoms with Crippen LogP contribution < -0.4 is 5.73 Å². The van der Waals surface area contributed by atoms with Gasteiger partial charge in [-0.2, -0.15) is 0 Å². The summed E-state index contributed by atoms with van der Waals surface area (Å²) in [6.07, 6.45) is 0.924. The third kappa shape index (κ3) is 3.66. The normalized spacial score (nSPS) is 22.4. The van der Waals surface area contributed by atoms with Gasteiger partial charge >= 0.3 is 0 Å². The van der Waals surface area contributed by atoms with E-state index in [9.17, 15) is 4.39 Å². The molecule has 3 nitrogen and oxygen atoms in total. The first kappa shape index (κ1) is 14.7. The Hall–Kier alpha value is -0.680. The molecule has 1 fully saturated rings. The zero-order valence-corrected chi connectivity index (χ0v) is 11.9. The molecule has 2 atom stereocenters. The van der Waals surface area contributed by atoms with E-state index in [1.54, 1.807) is 12.1 Å². The molecule has 0 aliphatic carbocycles. The van der Waals surface area contributed by atoms with Crippen LogP contribution in [0.25, 0.3) is 0 Å². The van der Waals surface area contributed by atoms with Gasteiger partial charge in [-0.25, -0.2) is 4.39 Å². The number of nitrogens with zero attached hydrogens (tertiary/aromatic N) is 1. The molecule has 1 aliphatic heterocycles. The zero-order chi connectivity index (χ0) is 13.8. The molecule has 2 N–H and O–H groups in total. The molecule has 106 valence electrons. The quantitative estimate of drug-likeness (QED) is 0.925. The maximum absolute atomic E-state index is 13.9. The smallest absolute Gasteiger partial charge is 0.129 e. The maximum atomic E-state index is 13.9. The van der Waals surface area contributed by atoms with Gasteiger partial charge in [-0.05, 0) is 25.1 Å². The van der Waals surface area contributed by atoms with E-state index in [-0.39, 0.29) is 11.9 Å². The molecule has 0 radical (unpaired) electrons. The van der Waals surface area contributed by atoms with E-state index < -0.39 is 6.04 Å². The Bertz CT molecular complexity index is 428. The van der Waals surface area contributed by atoms with Crippen LogP contribution in [0.3, 0.4) is 0 Å². The van der Waals surface area contributed by atoms with Gasteiger partial charge in [-0.15, -0.1) is 0 Å². The first-order chi connectivity index (χ1) is 9.11. The lowest BCUT2D eigenvalue weighted by atomic mass is 10.0. The lowest BCUT2D eigenvalue weighted by molar-refractivity contribution is -0.0412. The Balaban J connectivity index is 2.07. The van der Waals surface area contributed by atoms with E-state index in [4.69, 9.17) is 22.1 Å². The third-order valence-electron chi connectivity index (χ3n) is 3.44. The van der Waals surface area contributed by atoms with Gasteiger partial charge in [0.2, 0.25) is 0 Å². The van der Waals surface area contributed by atoms with Crippen LogP contribution in [0, 0.1) is 5.82 Å². The number of nitrogens with two attached hydrogens (primary N) is 1. The highest BCUT2D eigenvalue weighted by molar-refractivity contribution is 6.30. The van der Waals surface area contributed by atoms with Crippen molar-refractivity contribution in [3.05, 3.63) is 34.6 Å². The standard InChI is InChI=1S/C14H20ClFN2O/c1-2-5-18-6-7-19-13(9-18)14(17)11-4-3-10(15)8-12(11)16/h3-4,8,13-14H,2,5-7,9,17H2,1H3. The second-order valence-corrected chi connectivity index (χ2v) is 5.34. The van der Waals surface area contributed by atoms with Gasteiger partial charge in [0, 0.05) is 23.7 Å². The fourth-order valence-corrected chi connectivity index (χ4v) is 2.60. The summed E-state index contributed by atoms with van der Waals surface area (Å²) in [5, 5.41) is 0.380. The summed E-state index contributed by atoms with van der Waals surface area (Å²) in [4.78, 5) is 2.31. The monoisotopic (exact) mass is 286 g/mol. The Morgan fingerprint density at radius 3 is 3.05 bits per heavy atom. The second-order valence-electron chi connectivity index (χ2n) is 4.90.